The van der Waals surface area contributed by atoms with E-state index in [0.717, 1.165) is 0 Å². The van der Waals surface area contributed by atoms with Crippen molar-refractivity contribution >= 4 is 25.7 Å². The fourth-order valence-corrected chi connectivity index (χ4v) is 7.04. The Hall–Kier alpha value is -2.84. The molecule has 0 fully saturated rings. The van der Waals surface area contributed by atoms with Crippen LogP contribution in [0.4, 0.5) is 5.69 Å². The summed E-state index contributed by atoms with van der Waals surface area (Å²) in [6.07, 6.45) is 0. The molecule has 4 rings (SSSR count). The predicted octanol–water partition coefficient (Wildman–Crippen LogP) is 3.26. The minimum atomic E-state index is -4.34. The van der Waals surface area contributed by atoms with Gasteiger partial charge in [-0.25, -0.2) is 8.42 Å². The van der Waals surface area contributed by atoms with Gasteiger partial charge < -0.3 is 4.74 Å². The number of nitrogens with zero attached hydrogens (tertiary/aromatic N) is 1. The summed E-state index contributed by atoms with van der Waals surface area (Å²) in [6.45, 7) is 0. The Labute approximate surface area is 157 Å². The fraction of sp³-hybridized carbons (Fsp3) is 0.0526. The molecule has 3 aromatic carbocycles. The van der Waals surface area contributed by atoms with E-state index in [1.807, 2.05) is 0 Å². The summed E-state index contributed by atoms with van der Waals surface area (Å²) in [5, 5.41) is 0. The Morgan fingerprint density at radius 2 is 1.52 bits per heavy atom. The first-order chi connectivity index (χ1) is 12.9. The van der Waals surface area contributed by atoms with Gasteiger partial charge in [0.15, 0.2) is 0 Å². The average molecular weight is 401 g/mol. The lowest BCUT2D eigenvalue weighted by molar-refractivity contribution is 0.415. The summed E-state index contributed by atoms with van der Waals surface area (Å²) in [5.41, 5.74) is 0.976. The van der Waals surface area contributed by atoms with Gasteiger partial charge in [0.2, 0.25) is 0 Å². The first-order valence-electron chi connectivity index (χ1n) is 8.00. The third-order valence-corrected chi connectivity index (χ3v) is 8.56. The van der Waals surface area contributed by atoms with E-state index < -0.39 is 20.0 Å². The van der Waals surface area contributed by atoms with E-state index >= 15 is 0 Å². The maximum Gasteiger partial charge on any atom is 0.278 e. The smallest absolute Gasteiger partial charge is 0.278 e. The molecule has 0 aromatic heterocycles. The number of hydrogen-bond acceptors (Lipinski definition) is 5. The van der Waals surface area contributed by atoms with Gasteiger partial charge in [-0.3, -0.25) is 0 Å². The van der Waals surface area contributed by atoms with E-state index in [2.05, 4.69) is 0 Å². The molecule has 1 aliphatic rings. The number of ether oxygens (including phenoxy) is 1. The highest BCUT2D eigenvalue weighted by Crippen LogP contribution is 2.46. The Morgan fingerprint density at radius 3 is 2.22 bits per heavy atom. The molecule has 0 unspecified atom stereocenters. The minimum Gasteiger partial charge on any atom is -0.497 e. The van der Waals surface area contributed by atoms with Crippen LogP contribution >= 0.6 is 0 Å². The molecule has 0 aliphatic carbocycles. The summed E-state index contributed by atoms with van der Waals surface area (Å²) in [7, 11) is -7.17. The van der Waals surface area contributed by atoms with Crippen molar-refractivity contribution in [2.75, 3.05) is 10.8 Å². The third-order valence-electron chi connectivity index (χ3n) is 4.33. The predicted molar refractivity (Wildman–Crippen MR) is 102 cm³/mol. The van der Waals surface area contributed by atoms with Crippen LogP contribution in [0.2, 0.25) is 0 Å². The van der Waals surface area contributed by atoms with E-state index in [1.54, 1.807) is 42.5 Å². The lowest BCUT2D eigenvalue weighted by Gasteiger charge is -2.31. The molecule has 27 heavy (non-hydrogen) atoms. The maximum atomic E-state index is 13.3. The number of fused-ring (bicyclic) bond motifs is 3. The van der Waals surface area contributed by atoms with Crippen LogP contribution in [-0.4, -0.2) is 23.9 Å². The molecule has 0 radical (unpaired) electrons. The second kappa shape index (κ2) is 6.11. The van der Waals surface area contributed by atoms with Crippen LogP contribution in [0.1, 0.15) is 0 Å². The van der Waals surface area contributed by atoms with Crippen LogP contribution in [0.5, 0.6) is 5.75 Å². The Balaban J connectivity index is 2.07. The second-order valence-electron chi connectivity index (χ2n) is 5.90. The first-order valence-corrected chi connectivity index (χ1v) is 10.9. The van der Waals surface area contributed by atoms with Crippen LogP contribution in [0.3, 0.4) is 0 Å². The van der Waals surface area contributed by atoms with Crippen LogP contribution in [0.15, 0.2) is 82.6 Å². The number of benzene rings is 3. The molecule has 0 atom stereocenters. The lowest BCUT2D eigenvalue weighted by atomic mass is 10.0. The van der Waals surface area contributed by atoms with Gasteiger partial charge >= 0.3 is 0 Å². The van der Waals surface area contributed by atoms with Crippen molar-refractivity contribution in [3.8, 4) is 16.9 Å². The van der Waals surface area contributed by atoms with Gasteiger partial charge in [0.05, 0.1) is 22.6 Å². The molecular formula is C19H15NO5S2. The largest absolute Gasteiger partial charge is 0.497 e. The molecule has 0 saturated carbocycles. The van der Waals surface area contributed by atoms with E-state index in [-0.39, 0.29) is 15.5 Å². The van der Waals surface area contributed by atoms with Crippen molar-refractivity contribution in [2.45, 2.75) is 9.79 Å². The molecule has 1 heterocycles. The van der Waals surface area contributed by atoms with Crippen molar-refractivity contribution < 1.29 is 21.6 Å². The van der Waals surface area contributed by atoms with Gasteiger partial charge in [0.25, 0.3) is 20.0 Å². The van der Waals surface area contributed by atoms with E-state index in [0.29, 0.717) is 20.6 Å². The van der Waals surface area contributed by atoms with Crippen LogP contribution in [0.25, 0.3) is 11.1 Å². The number of anilines is 1. The van der Waals surface area contributed by atoms with Gasteiger partial charge in [-0.1, -0.05) is 36.4 Å². The highest BCUT2D eigenvalue weighted by atomic mass is 32.3. The zero-order valence-corrected chi connectivity index (χ0v) is 15.9. The Kier molecular flexibility index (Phi) is 3.97. The van der Waals surface area contributed by atoms with Crippen LogP contribution in [0, 0.1) is 0 Å². The highest BCUT2D eigenvalue weighted by molar-refractivity contribution is 8.10. The third kappa shape index (κ3) is 2.60. The number of hydrogen-bond donors (Lipinski definition) is 0. The average Bonchev–Trinajstić information content (AvgIpc) is 2.68. The zero-order valence-electron chi connectivity index (χ0n) is 14.2. The fourth-order valence-electron chi connectivity index (χ4n) is 3.10. The number of sulfonamides is 2. The zero-order chi connectivity index (χ0) is 19.2. The highest BCUT2D eigenvalue weighted by Gasteiger charge is 2.43. The molecule has 1 aliphatic heterocycles. The Morgan fingerprint density at radius 1 is 0.852 bits per heavy atom. The molecule has 0 saturated heterocycles. The molecule has 8 heteroatoms. The molecule has 0 amide bonds. The van der Waals surface area contributed by atoms with E-state index in [4.69, 9.17) is 4.74 Å². The van der Waals surface area contributed by atoms with Gasteiger partial charge in [0, 0.05) is 11.1 Å². The second-order valence-corrected chi connectivity index (χ2v) is 9.67. The molecular weight excluding hydrogens is 386 g/mol. The quantitative estimate of drug-likeness (QED) is 0.673. The molecule has 3 aromatic rings. The first kappa shape index (κ1) is 17.6. The van der Waals surface area contributed by atoms with Crippen molar-refractivity contribution in [3.05, 3.63) is 72.8 Å². The van der Waals surface area contributed by atoms with Gasteiger partial charge in [-0.2, -0.15) is 12.1 Å². The van der Waals surface area contributed by atoms with Crippen LogP contribution < -0.4 is 8.45 Å². The summed E-state index contributed by atoms with van der Waals surface area (Å²) in [5.74, 6) is 0.500. The number of rotatable bonds is 3. The molecule has 0 N–H and O–H groups in total. The van der Waals surface area contributed by atoms with Crippen molar-refractivity contribution in [1.29, 1.82) is 0 Å². The lowest BCUT2D eigenvalue weighted by Crippen LogP contribution is -2.39. The van der Waals surface area contributed by atoms with Gasteiger partial charge in [-0.15, -0.1) is 0 Å². The maximum absolute atomic E-state index is 13.3. The van der Waals surface area contributed by atoms with Crippen LogP contribution in [-0.2, 0) is 20.0 Å². The summed E-state index contributed by atoms with van der Waals surface area (Å²) >= 11 is 0. The van der Waals surface area contributed by atoms with Gasteiger partial charge in [0.1, 0.15) is 5.75 Å². The molecule has 0 bridgehead atoms. The minimum absolute atomic E-state index is 0.0646. The standard InChI is InChI=1S/C19H15NO5S2/c1-25-14-11-12-18-17(13-14)16-9-5-6-10-19(16)27(23,24)20(18)26(21,22)15-7-3-2-4-8-15/h2-13H,1H3. The molecule has 138 valence electrons. The van der Waals surface area contributed by atoms with Gasteiger partial charge in [-0.05, 0) is 36.4 Å². The van der Waals surface area contributed by atoms with Crippen molar-refractivity contribution in [1.82, 2.24) is 0 Å². The SMILES string of the molecule is COc1ccc2c(c1)-c1ccccc1S(=O)(=O)N2S(=O)(=O)c1ccccc1. The monoisotopic (exact) mass is 401 g/mol. The van der Waals surface area contributed by atoms with Crippen molar-refractivity contribution in [3.63, 3.8) is 0 Å². The van der Waals surface area contributed by atoms with Crippen molar-refractivity contribution in [2.24, 2.45) is 0 Å². The Bertz CT molecular complexity index is 1210. The summed E-state index contributed by atoms with van der Waals surface area (Å²) < 4.78 is 58.7. The van der Waals surface area contributed by atoms with E-state index in [9.17, 15) is 16.8 Å². The summed E-state index contributed by atoms with van der Waals surface area (Å²) in [6, 6.07) is 18.4. The molecule has 6 nitrogen and oxygen atoms in total. The van der Waals surface area contributed by atoms with E-state index in [1.165, 1.54) is 37.4 Å². The molecule has 0 spiro atoms. The normalized spacial score (nSPS) is 14.9. The number of methoxy groups -OCH3 is 1. The summed E-state index contributed by atoms with van der Waals surface area (Å²) in [4.78, 5) is -0.167. The topological polar surface area (TPSA) is 80.8 Å².